The van der Waals surface area contributed by atoms with Gasteiger partial charge in [0.05, 0.1) is 0 Å². The first-order chi connectivity index (χ1) is 5.33. The summed E-state index contributed by atoms with van der Waals surface area (Å²) in [6.45, 7) is 10.5. The van der Waals surface area contributed by atoms with Crippen LogP contribution in [-0.4, -0.2) is 18.5 Å². The van der Waals surface area contributed by atoms with Crippen LogP contribution in [-0.2, 0) is 9.53 Å². The number of rotatable bonds is 4. The number of ether oxygens (including phenoxy) is 1. The minimum absolute atomic E-state index is 0.101. The molecule has 1 atom stereocenters. The van der Waals surface area contributed by atoms with E-state index in [2.05, 4.69) is 20.8 Å². The summed E-state index contributed by atoms with van der Waals surface area (Å²) in [4.78, 5) is 10.8. The van der Waals surface area contributed by atoms with E-state index >= 15 is 0 Å². The van der Waals surface area contributed by atoms with Gasteiger partial charge in [0.1, 0.15) is 6.10 Å². The monoisotopic (exact) mass is 172 g/mol. The van der Waals surface area contributed by atoms with Crippen LogP contribution in [0.1, 0.15) is 41.0 Å². The van der Waals surface area contributed by atoms with Gasteiger partial charge in [0, 0.05) is 6.61 Å². The number of Topliss-reactive ketones (excluding diaryl/α,β-unsaturated/α-hetero) is 1. The molecule has 12 heavy (non-hydrogen) atoms. The lowest BCUT2D eigenvalue weighted by atomic mass is 9.93. The predicted octanol–water partition coefficient (Wildman–Crippen LogP) is 2.42. The molecule has 0 N–H and O–H groups in total. The van der Waals surface area contributed by atoms with E-state index in [4.69, 9.17) is 4.74 Å². The van der Waals surface area contributed by atoms with E-state index in [0.717, 1.165) is 6.42 Å². The van der Waals surface area contributed by atoms with Gasteiger partial charge in [0.15, 0.2) is 5.78 Å². The van der Waals surface area contributed by atoms with Crippen LogP contribution in [0.15, 0.2) is 0 Å². The lowest BCUT2D eigenvalue weighted by molar-refractivity contribution is -0.127. The smallest absolute Gasteiger partial charge is 0.158 e. The van der Waals surface area contributed by atoms with Crippen LogP contribution < -0.4 is 0 Å². The highest BCUT2D eigenvalue weighted by atomic mass is 16.5. The number of ketones is 1. The zero-order valence-corrected chi connectivity index (χ0v) is 8.81. The second kappa shape index (κ2) is 4.61. The average molecular weight is 172 g/mol. The van der Waals surface area contributed by atoms with E-state index in [0.29, 0.717) is 6.61 Å². The largest absolute Gasteiger partial charge is 0.371 e. The fourth-order valence-electron chi connectivity index (χ4n) is 0.659. The van der Waals surface area contributed by atoms with Gasteiger partial charge in [-0.1, -0.05) is 20.8 Å². The van der Waals surface area contributed by atoms with Crippen LogP contribution in [0.5, 0.6) is 0 Å². The number of hydrogen-bond acceptors (Lipinski definition) is 2. The highest BCUT2D eigenvalue weighted by molar-refractivity contribution is 5.79. The first kappa shape index (κ1) is 11.6. The minimum Gasteiger partial charge on any atom is -0.371 e. The minimum atomic E-state index is -0.243. The lowest BCUT2D eigenvalue weighted by Crippen LogP contribution is -2.20. The fourth-order valence-corrected chi connectivity index (χ4v) is 0.659. The maximum atomic E-state index is 10.8. The summed E-state index contributed by atoms with van der Waals surface area (Å²) in [7, 11) is 0. The molecule has 0 amide bonds. The van der Waals surface area contributed by atoms with Crippen LogP contribution in [0, 0.1) is 5.41 Å². The molecule has 0 saturated heterocycles. The topological polar surface area (TPSA) is 26.3 Å². The van der Waals surface area contributed by atoms with Gasteiger partial charge in [-0.05, 0) is 25.7 Å². The molecule has 0 aromatic heterocycles. The lowest BCUT2D eigenvalue weighted by Gasteiger charge is -2.19. The van der Waals surface area contributed by atoms with Gasteiger partial charge in [-0.2, -0.15) is 0 Å². The molecule has 1 unspecified atom stereocenters. The molecule has 0 aromatic carbocycles. The Kier molecular flexibility index (Phi) is 4.46. The van der Waals surface area contributed by atoms with E-state index in [-0.39, 0.29) is 17.3 Å². The molecule has 0 aliphatic rings. The summed E-state index contributed by atoms with van der Waals surface area (Å²) in [6.07, 6.45) is 0.747. The summed E-state index contributed by atoms with van der Waals surface area (Å²) in [5.74, 6) is 0.101. The summed E-state index contributed by atoms with van der Waals surface area (Å²) < 4.78 is 5.33. The third-order valence-corrected chi connectivity index (χ3v) is 1.79. The van der Waals surface area contributed by atoms with Crippen molar-refractivity contribution in [3.05, 3.63) is 0 Å². The molecule has 0 radical (unpaired) electrons. The first-order valence-corrected chi connectivity index (χ1v) is 4.45. The third kappa shape index (κ3) is 6.35. The Labute approximate surface area is 75.3 Å². The highest BCUT2D eigenvalue weighted by Gasteiger charge is 2.12. The van der Waals surface area contributed by atoms with Crippen LogP contribution in [0.2, 0.25) is 0 Å². The van der Waals surface area contributed by atoms with Crippen molar-refractivity contribution in [2.75, 3.05) is 6.61 Å². The van der Waals surface area contributed by atoms with Crippen molar-refractivity contribution in [3.63, 3.8) is 0 Å². The molecule has 0 spiro atoms. The second-order valence-electron chi connectivity index (χ2n) is 4.43. The van der Waals surface area contributed by atoms with Crippen LogP contribution in [0.25, 0.3) is 0 Å². The normalized spacial score (nSPS) is 14.4. The molecular formula is C10H20O2. The molecule has 0 aliphatic carbocycles. The molecular weight excluding hydrogens is 152 g/mol. The van der Waals surface area contributed by atoms with Crippen molar-refractivity contribution >= 4 is 5.78 Å². The predicted molar refractivity (Wildman–Crippen MR) is 50.2 cm³/mol. The van der Waals surface area contributed by atoms with E-state index < -0.39 is 0 Å². The molecule has 0 aliphatic heterocycles. The molecule has 2 heteroatoms. The van der Waals surface area contributed by atoms with Crippen molar-refractivity contribution in [1.29, 1.82) is 0 Å². The standard InChI is InChI=1S/C10H20O2/c1-8(11)9(2)12-7-6-10(3,4)5/h9H,6-7H2,1-5H3. The van der Waals surface area contributed by atoms with Crippen molar-refractivity contribution < 1.29 is 9.53 Å². The van der Waals surface area contributed by atoms with Gasteiger partial charge >= 0.3 is 0 Å². The highest BCUT2D eigenvalue weighted by Crippen LogP contribution is 2.18. The van der Waals surface area contributed by atoms with Gasteiger partial charge in [-0.15, -0.1) is 0 Å². The first-order valence-electron chi connectivity index (χ1n) is 4.45. The Balaban J connectivity index is 3.51. The zero-order chi connectivity index (χ0) is 9.78. The van der Waals surface area contributed by atoms with E-state index in [1.165, 1.54) is 0 Å². The van der Waals surface area contributed by atoms with E-state index in [9.17, 15) is 4.79 Å². The Morgan fingerprint density at radius 2 is 1.92 bits per heavy atom. The zero-order valence-electron chi connectivity index (χ0n) is 8.81. The molecule has 0 bridgehead atoms. The van der Waals surface area contributed by atoms with Crippen LogP contribution in [0.4, 0.5) is 0 Å². The molecule has 0 heterocycles. The Hall–Kier alpha value is -0.370. The van der Waals surface area contributed by atoms with Gasteiger partial charge in [-0.25, -0.2) is 0 Å². The van der Waals surface area contributed by atoms with Gasteiger partial charge < -0.3 is 4.74 Å². The van der Waals surface area contributed by atoms with Gasteiger partial charge in [0.2, 0.25) is 0 Å². The third-order valence-electron chi connectivity index (χ3n) is 1.79. The summed E-state index contributed by atoms with van der Waals surface area (Å²) in [5.41, 5.74) is 0.288. The van der Waals surface area contributed by atoms with Crippen molar-refractivity contribution in [3.8, 4) is 0 Å². The maximum Gasteiger partial charge on any atom is 0.158 e. The second-order valence-corrected chi connectivity index (χ2v) is 4.43. The number of carbonyl (C=O) groups excluding carboxylic acids is 1. The Bertz CT molecular complexity index is 144. The SMILES string of the molecule is CC(=O)C(C)OCCC(C)(C)C. The summed E-state index contributed by atoms with van der Waals surface area (Å²) >= 11 is 0. The van der Waals surface area contributed by atoms with Crippen molar-refractivity contribution in [2.45, 2.75) is 47.1 Å². The molecule has 2 nitrogen and oxygen atoms in total. The van der Waals surface area contributed by atoms with Crippen molar-refractivity contribution in [1.82, 2.24) is 0 Å². The Morgan fingerprint density at radius 3 is 2.25 bits per heavy atom. The molecule has 0 saturated carbocycles. The van der Waals surface area contributed by atoms with Crippen LogP contribution >= 0.6 is 0 Å². The molecule has 0 aromatic rings. The van der Waals surface area contributed by atoms with E-state index in [1.807, 2.05) is 0 Å². The quantitative estimate of drug-likeness (QED) is 0.651. The molecule has 0 rings (SSSR count). The summed E-state index contributed by atoms with van der Waals surface area (Å²) in [5, 5.41) is 0. The van der Waals surface area contributed by atoms with E-state index in [1.54, 1.807) is 13.8 Å². The van der Waals surface area contributed by atoms with Crippen LogP contribution in [0.3, 0.4) is 0 Å². The number of carbonyl (C=O) groups is 1. The maximum absolute atomic E-state index is 10.8. The van der Waals surface area contributed by atoms with Gasteiger partial charge in [-0.3, -0.25) is 4.79 Å². The Morgan fingerprint density at radius 1 is 1.42 bits per heavy atom. The number of hydrogen-bond donors (Lipinski definition) is 0. The van der Waals surface area contributed by atoms with Gasteiger partial charge in [0.25, 0.3) is 0 Å². The molecule has 72 valence electrons. The fraction of sp³-hybridized carbons (Fsp3) is 0.900. The molecule has 0 fully saturated rings. The average Bonchev–Trinajstić information content (AvgIpc) is 1.84. The summed E-state index contributed by atoms with van der Waals surface area (Å²) in [6, 6.07) is 0. The van der Waals surface area contributed by atoms with Crippen molar-refractivity contribution in [2.24, 2.45) is 5.41 Å².